The van der Waals surface area contributed by atoms with Crippen molar-refractivity contribution in [3.63, 3.8) is 0 Å². The van der Waals surface area contributed by atoms with E-state index in [1.165, 1.54) is 12.1 Å². The van der Waals surface area contributed by atoms with Crippen molar-refractivity contribution in [1.29, 1.82) is 0 Å². The molecule has 0 saturated carbocycles. The lowest BCUT2D eigenvalue weighted by atomic mass is 10.3. The summed E-state index contributed by atoms with van der Waals surface area (Å²) >= 11 is 0. The van der Waals surface area contributed by atoms with Crippen LogP contribution < -0.4 is 10.6 Å². The Labute approximate surface area is 118 Å². The van der Waals surface area contributed by atoms with Gasteiger partial charge >= 0.3 is 6.03 Å². The van der Waals surface area contributed by atoms with Gasteiger partial charge in [-0.05, 0) is 24.6 Å². The van der Waals surface area contributed by atoms with Gasteiger partial charge in [0.2, 0.25) is 0 Å². The maximum Gasteiger partial charge on any atom is 0.319 e. The molecular weight excluding hydrogens is 261 g/mol. The van der Waals surface area contributed by atoms with E-state index in [0.717, 1.165) is 26.1 Å². The first kappa shape index (κ1) is 14.7. The molecule has 0 aliphatic carbocycles. The van der Waals surface area contributed by atoms with Crippen LogP contribution in [0.1, 0.15) is 6.42 Å². The molecule has 1 aromatic rings. The van der Waals surface area contributed by atoms with Crippen molar-refractivity contribution in [3.8, 4) is 0 Å². The van der Waals surface area contributed by atoms with Gasteiger partial charge < -0.3 is 15.4 Å². The van der Waals surface area contributed by atoms with Crippen LogP contribution in [-0.4, -0.2) is 50.3 Å². The average molecular weight is 281 g/mol. The Morgan fingerprint density at radius 1 is 1.55 bits per heavy atom. The van der Waals surface area contributed by atoms with Gasteiger partial charge in [0, 0.05) is 38.5 Å². The molecule has 0 unspecified atom stereocenters. The molecule has 6 heteroatoms. The van der Waals surface area contributed by atoms with Gasteiger partial charge in [0.25, 0.3) is 0 Å². The van der Waals surface area contributed by atoms with E-state index in [1.807, 2.05) is 0 Å². The molecule has 1 aromatic carbocycles. The summed E-state index contributed by atoms with van der Waals surface area (Å²) in [5.41, 5.74) is 0.455. The fraction of sp³-hybridized carbons (Fsp3) is 0.500. The average Bonchev–Trinajstić information content (AvgIpc) is 2.83. The minimum atomic E-state index is -0.366. The number of amides is 2. The molecule has 5 nitrogen and oxygen atoms in total. The van der Waals surface area contributed by atoms with E-state index in [-0.39, 0.29) is 17.9 Å². The van der Waals surface area contributed by atoms with Crippen molar-refractivity contribution in [2.45, 2.75) is 12.5 Å². The predicted octanol–water partition coefficient (Wildman–Crippen LogP) is 1.67. The number of likely N-dealkylation sites (tertiary alicyclic amines) is 1. The van der Waals surface area contributed by atoms with Crippen molar-refractivity contribution >= 4 is 11.7 Å². The SMILES string of the molecule is COCCN1CC[C@@H](NC(=O)Nc2cccc(F)c2)C1. The summed E-state index contributed by atoms with van der Waals surface area (Å²) in [6.07, 6.45) is 0.917. The molecule has 0 bridgehead atoms. The van der Waals surface area contributed by atoms with Crippen molar-refractivity contribution in [2.75, 3.05) is 38.7 Å². The zero-order chi connectivity index (χ0) is 14.4. The quantitative estimate of drug-likeness (QED) is 0.863. The number of anilines is 1. The van der Waals surface area contributed by atoms with Crippen molar-refractivity contribution in [2.24, 2.45) is 0 Å². The molecule has 1 aliphatic rings. The monoisotopic (exact) mass is 281 g/mol. The lowest BCUT2D eigenvalue weighted by Crippen LogP contribution is -2.40. The van der Waals surface area contributed by atoms with Crippen molar-refractivity contribution in [1.82, 2.24) is 10.2 Å². The summed E-state index contributed by atoms with van der Waals surface area (Å²) in [5, 5.41) is 5.53. The van der Waals surface area contributed by atoms with Crippen LogP contribution in [-0.2, 0) is 4.74 Å². The molecule has 110 valence electrons. The third kappa shape index (κ3) is 4.47. The molecule has 20 heavy (non-hydrogen) atoms. The number of rotatable bonds is 5. The van der Waals surface area contributed by atoms with Crippen LogP contribution in [0.4, 0.5) is 14.9 Å². The zero-order valence-electron chi connectivity index (χ0n) is 11.6. The van der Waals surface area contributed by atoms with Gasteiger partial charge in [-0.15, -0.1) is 0 Å². The van der Waals surface area contributed by atoms with E-state index in [0.29, 0.717) is 12.3 Å². The van der Waals surface area contributed by atoms with Gasteiger partial charge in [0.1, 0.15) is 5.82 Å². The Bertz CT molecular complexity index is 456. The minimum absolute atomic E-state index is 0.125. The van der Waals surface area contributed by atoms with Gasteiger partial charge in [-0.1, -0.05) is 6.07 Å². The maximum absolute atomic E-state index is 13.0. The third-order valence-corrected chi connectivity index (χ3v) is 3.30. The molecule has 1 atom stereocenters. The summed E-state index contributed by atoms with van der Waals surface area (Å²) in [6, 6.07) is 5.68. The number of ether oxygens (including phenoxy) is 1. The highest BCUT2D eigenvalue weighted by molar-refractivity contribution is 5.89. The molecular formula is C14H20FN3O2. The molecule has 2 N–H and O–H groups in total. The molecule has 1 saturated heterocycles. The summed E-state index contributed by atoms with van der Waals surface area (Å²) < 4.78 is 18.0. The fourth-order valence-corrected chi connectivity index (χ4v) is 2.29. The second-order valence-electron chi connectivity index (χ2n) is 4.89. The largest absolute Gasteiger partial charge is 0.383 e. The number of hydrogen-bond donors (Lipinski definition) is 2. The zero-order valence-corrected chi connectivity index (χ0v) is 11.6. The predicted molar refractivity (Wildman–Crippen MR) is 75.3 cm³/mol. The van der Waals surface area contributed by atoms with E-state index in [9.17, 15) is 9.18 Å². The van der Waals surface area contributed by atoms with E-state index in [2.05, 4.69) is 15.5 Å². The summed E-state index contributed by atoms with van der Waals surface area (Å²) in [5.74, 6) is -0.366. The number of nitrogens with one attached hydrogen (secondary N) is 2. The summed E-state index contributed by atoms with van der Waals surface area (Å²) in [7, 11) is 1.68. The third-order valence-electron chi connectivity index (χ3n) is 3.30. The van der Waals surface area contributed by atoms with Crippen LogP contribution in [0.15, 0.2) is 24.3 Å². The van der Waals surface area contributed by atoms with Gasteiger partial charge in [0.15, 0.2) is 0 Å². The van der Waals surface area contributed by atoms with E-state index in [4.69, 9.17) is 4.74 Å². The van der Waals surface area contributed by atoms with Crippen LogP contribution in [0.3, 0.4) is 0 Å². The standard InChI is InChI=1S/C14H20FN3O2/c1-20-8-7-18-6-5-13(10-18)17-14(19)16-12-4-2-3-11(15)9-12/h2-4,9,13H,5-8,10H2,1H3,(H2,16,17,19)/t13-/m1/s1. The van der Waals surface area contributed by atoms with E-state index >= 15 is 0 Å². The Morgan fingerprint density at radius 2 is 2.40 bits per heavy atom. The van der Waals surface area contributed by atoms with Crippen molar-refractivity contribution in [3.05, 3.63) is 30.1 Å². The van der Waals surface area contributed by atoms with E-state index in [1.54, 1.807) is 19.2 Å². The number of benzene rings is 1. The lowest BCUT2D eigenvalue weighted by Gasteiger charge is -2.16. The number of halogens is 1. The normalized spacial score (nSPS) is 19.0. The van der Waals surface area contributed by atoms with Gasteiger partial charge in [-0.25, -0.2) is 9.18 Å². The Hall–Kier alpha value is -1.66. The Morgan fingerprint density at radius 3 is 3.15 bits per heavy atom. The number of methoxy groups -OCH3 is 1. The number of carbonyl (C=O) groups excluding carboxylic acids is 1. The number of urea groups is 1. The Balaban J connectivity index is 1.75. The smallest absolute Gasteiger partial charge is 0.319 e. The summed E-state index contributed by atoms with van der Waals surface area (Å²) in [6.45, 7) is 3.34. The highest BCUT2D eigenvalue weighted by Gasteiger charge is 2.23. The maximum atomic E-state index is 13.0. The molecule has 0 aromatic heterocycles. The molecule has 2 amide bonds. The van der Waals surface area contributed by atoms with Crippen LogP contribution in [0, 0.1) is 5.82 Å². The number of carbonyl (C=O) groups is 1. The first-order valence-corrected chi connectivity index (χ1v) is 6.72. The first-order valence-electron chi connectivity index (χ1n) is 6.72. The molecule has 1 aliphatic heterocycles. The highest BCUT2D eigenvalue weighted by Crippen LogP contribution is 2.11. The van der Waals surface area contributed by atoms with Gasteiger partial charge in [-0.2, -0.15) is 0 Å². The van der Waals surface area contributed by atoms with Crippen LogP contribution in [0.5, 0.6) is 0 Å². The minimum Gasteiger partial charge on any atom is -0.383 e. The first-order chi connectivity index (χ1) is 9.67. The van der Waals surface area contributed by atoms with Crippen molar-refractivity contribution < 1.29 is 13.9 Å². The second-order valence-corrected chi connectivity index (χ2v) is 4.89. The Kier molecular flexibility index (Phi) is 5.31. The second kappa shape index (κ2) is 7.21. The van der Waals surface area contributed by atoms with Crippen LogP contribution in [0.25, 0.3) is 0 Å². The molecule has 0 spiro atoms. The molecule has 2 rings (SSSR count). The number of hydrogen-bond acceptors (Lipinski definition) is 3. The van der Waals surface area contributed by atoms with Gasteiger partial charge in [-0.3, -0.25) is 4.90 Å². The lowest BCUT2D eigenvalue weighted by molar-refractivity contribution is 0.160. The van der Waals surface area contributed by atoms with Crippen LogP contribution in [0.2, 0.25) is 0 Å². The molecule has 0 radical (unpaired) electrons. The van der Waals surface area contributed by atoms with Crippen LogP contribution >= 0.6 is 0 Å². The summed E-state index contributed by atoms with van der Waals surface area (Å²) in [4.78, 5) is 14.1. The highest BCUT2D eigenvalue weighted by atomic mass is 19.1. The van der Waals surface area contributed by atoms with E-state index < -0.39 is 0 Å². The number of nitrogens with zero attached hydrogens (tertiary/aromatic N) is 1. The fourth-order valence-electron chi connectivity index (χ4n) is 2.29. The molecule has 1 fully saturated rings. The topological polar surface area (TPSA) is 53.6 Å². The van der Waals surface area contributed by atoms with Gasteiger partial charge in [0.05, 0.1) is 6.61 Å². The molecule has 1 heterocycles.